The molecule has 4 nitrogen and oxygen atoms in total. The second-order valence-electron chi connectivity index (χ2n) is 5.63. The number of ether oxygens (including phenoxy) is 1. The summed E-state index contributed by atoms with van der Waals surface area (Å²) >= 11 is 0. The summed E-state index contributed by atoms with van der Waals surface area (Å²) in [7, 11) is -2.02. The van der Waals surface area contributed by atoms with Crippen LogP contribution in [0.3, 0.4) is 0 Å². The maximum absolute atomic E-state index is 12.7. The van der Waals surface area contributed by atoms with Crippen LogP contribution in [0.2, 0.25) is 0 Å². The van der Waals surface area contributed by atoms with Gasteiger partial charge in [0.15, 0.2) is 0 Å². The van der Waals surface area contributed by atoms with Crippen LogP contribution in [0.1, 0.15) is 18.5 Å². The molecule has 0 heterocycles. The average Bonchev–Trinajstić information content (AvgIpc) is 2.61. The van der Waals surface area contributed by atoms with E-state index in [1.165, 1.54) is 0 Å². The van der Waals surface area contributed by atoms with Gasteiger partial charge in [-0.2, -0.15) is 0 Å². The zero-order valence-corrected chi connectivity index (χ0v) is 14.4. The van der Waals surface area contributed by atoms with E-state index in [1.807, 2.05) is 61.5 Å². The van der Waals surface area contributed by atoms with E-state index in [9.17, 15) is 8.42 Å². The van der Waals surface area contributed by atoms with Crippen molar-refractivity contribution in [3.63, 3.8) is 0 Å². The molecule has 0 saturated carbocycles. The second kappa shape index (κ2) is 6.63. The molecule has 0 saturated heterocycles. The number of sulfonamides is 1. The molecule has 5 heteroatoms. The van der Waals surface area contributed by atoms with Crippen molar-refractivity contribution in [3.8, 4) is 5.75 Å². The summed E-state index contributed by atoms with van der Waals surface area (Å²) in [5, 5.41) is 1.91. The quantitative estimate of drug-likeness (QED) is 0.766. The minimum absolute atomic E-state index is 0.260. The Bertz CT molecular complexity index is 967. The monoisotopic (exact) mass is 341 g/mol. The third-order valence-electron chi connectivity index (χ3n) is 3.96. The second-order valence-corrected chi connectivity index (χ2v) is 7.34. The molecule has 0 fully saturated rings. The van der Waals surface area contributed by atoms with Crippen molar-refractivity contribution in [3.05, 3.63) is 72.3 Å². The standard InChI is InChI=1S/C19H19NO3S/c1-14(16-8-5-9-18(12-16)23-2)20-24(21,22)19-11-10-15-6-3-4-7-17(15)13-19/h3-14,20H,1-2H3/t14-/m1/s1. The van der Waals surface area contributed by atoms with E-state index < -0.39 is 10.0 Å². The Balaban J connectivity index is 1.88. The first-order valence-electron chi connectivity index (χ1n) is 7.65. The van der Waals surface area contributed by atoms with Crippen LogP contribution in [0.25, 0.3) is 10.8 Å². The van der Waals surface area contributed by atoms with Crippen molar-refractivity contribution in [2.75, 3.05) is 7.11 Å². The normalized spacial score (nSPS) is 12.9. The first-order chi connectivity index (χ1) is 11.5. The molecule has 1 atom stereocenters. The van der Waals surface area contributed by atoms with Gasteiger partial charge in [0.05, 0.1) is 12.0 Å². The molecule has 0 aliphatic rings. The molecule has 24 heavy (non-hydrogen) atoms. The van der Waals surface area contributed by atoms with Crippen LogP contribution in [-0.4, -0.2) is 15.5 Å². The van der Waals surface area contributed by atoms with Crippen molar-refractivity contribution in [1.29, 1.82) is 0 Å². The number of fused-ring (bicyclic) bond motifs is 1. The number of nitrogens with one attached hydrogen (secondary N) is 1. The summed E-state index contributed by atoms with van der Waals surface area (Å²) in [5.41, 5.74) is 0.846. The van der Waals surface area contributed by atoms with Crippen LogP contribution < -0.4 is 9.46 Å². The predicted molar refractivity (Wildman–Crippen MR) is 95.7 cm³/mol. The molecule has 0 aromatic heterocycles. The molecule has 124 valence electrons. The fourth-order valence-electron chi connectivity index (χ4n) is 2.61. The SMILES string of the molecule is COc1cccc([C@@H](C)NS(=O)(=O)c2ccc3ccccc3c2)c1. The first kappa shape index (κ1) is 16.5. The van der Waals surface area contributed by atoms with E-state index in [0.717, 1.165) is 16.3 Å². The van der Waals surface area contributed by atoms with E-state index in [2.05, 4.69) is 4.72 Å². The van der Waals surface area contributed by atoms with E-state index in [0.29, 0.717) is 5.75 Å². The zero-order chi connectivity index (χ0) is 17.2. The van der Waals surface area contributed by atoms with E-state index in [1.54, 1.807) is 19.2 Å². The van der Waals surface area contributed by atoms with Crippen LogP contribution in [0.15, 0.2) is 71.6 Å². The topological polar surface area (TPSA) is 55.4 Å². The molecule has 0 aliphatic heterocycles. The van der Waals surface area contributed by atoms with Crippen molar-refractivity contribution >= 4 is 20.8 Å². The van der Waals surface area contributed by atoms with Gasteiger partial charge >= 0.3 is 0 Å². The Labute approximate surface area is 142 Å². The van der Waals surface area contributed by atoms with E-state index in [4.69, 9.17) is 4.74 Å². The Morgan fingerprint density at radius 1 is 0.917 bits per heavy atom. The van der Waals surface area contributed by atoms with Crippen molar-refractivity contribution in [1.82, 2.24) is 4.72 Å². The van der Waals surface area contributed by atoms with Gasteiger partial charge in [0.25, 0.3) is 0 Å². The van der Waals surface area contributed by atoms with Crippen LogP contribution in [0.5, 0.6) is 5.75 Å². The average molecular weight is 341 g/mol. The van der Waals surface area contributed by atoms with Gasteiger partial charge in [-0.25, -0.2) is 13.1 Å². The van der Waals surface area contributed by atoms with Gasteiger partial charge in [0, 0.05) is 6.04 Å². The minimum Gasteiger partial charge on any atom is -0.497 e. The Hall–Kier alpha value is -2.37. The van der Waals surface area contributed by atoms with Gasteiger partial charge in [-0.3, -0.25) is 0 Å². The Morgan fingerprint density at radius 3 is 2.42 bits per heavy atom. The molecule has 0 bridgehead atoms. The number of hydrogen-bond acceptors (Lipinski definition) is 3. The van der Waals surface area contributed by atoms with Gasteiger partial charge in [-0.15, -0.1) is 0 Å². The molecule has 0 amide bonds. The number of benzene rings is 3. The molecule has 1 N–H and O–H groups in total. The summed E-state index contributed by atoms with van der Waals surface area (Å²) in [5.74, 6) is 0.698. The van der Waals surface area contributed by atoms with E-state index >= 15 is 0 Å². The third kappa shape index (κ3) is 3.42. The van der Waals surface area contributed by atoms with Crippen molar-refractivity contribution in [2.24, 2.45) is 0 Å². The Morgan fingerprint density at radius 2 is 1.67 bits per heavy atom. The molecule has 3 rings (SSSR count). The fourth-order valence-corrected chi connectivity index (χ4v) is 3.88. The van der Waals surface area contributed by atoms with Gasteiger partial charge in [0.1, 0.15) is 5.75 Å². The minimum atomic E-state index is -3.61. The number of methoxy groups -OCH3 is 1. The highest BCUT2D eigenvalue weighted by Gasteiger charge is 2.19. The summed E-state index contributed by atoms with van der Waals surface area (Å²) in [6.45, 7) is 1.81. The lowest BCUT2D eigenvalue weighted by Gasteiger charge is -2.16. The summed E-state index contributed by atoms with van der Waals surface area (Å²) in [6.07, 6.45) is 0. The highest BCUT2D eigenvalue weighted by Crippen LogP contribution is 2.23. The highest BCUT2D eigenvalue weighted by molar-refractivity contribution is 7.89. The lowest BCUT2D eigenvalue weighted by molar-refractivity contribution is 0.413. The van der Waals surface area contributed by atoms with E-state index in [-0.39, 0.29) is 10.9 Å². The molecule has 0 unspecified atom stereocenters. The molecule has 3 aromatic carbocycles. The summed E-state index contributed by atoms with van der Waals surface area (Å²) < 4.78 is 33.3. The van der Waals surface area contributed by atoms with Crippen molar-refractivity contribution in [2.45, 2.75) is 17.9 Å². The van der Waals surface area contributed by atoms with Crippen LogP contribution >= 0.6 is 0 Å². The summed E-state index contributed by atoms with van der Waals surface area (Å²) in [6, 6.07) is 19.8. The number of hydrogen-bond donors (Lipinski definition) is 1. The molecule has 3 aromatic rings. The fraction of sp³-hybridized carbons (Fsp3) is 0.158. The van der Waals surface area contributed by atoms with Crippen LogP contribution in [0, 0.1) is 0 Å². The third-order valence-corrected chi connectivity index (χ3v) is 5.50. The van der Waals surface area contributed by atoms with Crippen LogP contribution in [-0.2, 0) is 10.0 Å². The maximum atomic E-state index is 12.7. The van der Waals surface area contributed by atoms with Crippen LogP contribution in [0.4, 0.5) is 0 Å². The Kier molecular flexibility index (Phi) is 4.55. The zero-order valence-electron chi connectivity index (χ0n) is 13.6. The molecular formula is C19H19NO3S. The molecule has 0 spiro atoms. The smallest absolute Gasteiger partial charge is 0.241 e. The van der Waals surface area contributed by atoms with Gasteiger partial charge in [-0.05, 0) is 47.5 Å². The van der Waals surface area contributed by atoms with Gasteiger partial charge < -0.3 is 4.74 Å². The summed E-state index contributed by atoms with van der Waals surface area (Å²) in [4.78, 5) is 0.260. The molecule has 0 aliphatic carbocycles. The number of rotatable bonds is 5. The van der Waals surface area contributed by atoms with Gasteiger partial charge in [-0.1, -0.05) is 42.5 Å². The molecule has 0 radical (unpaired) electrons. The molecular weight excluding hydrogens is 322 g/mol. The lowest BCUT2D eigenvalue weighted by Crippen LogP contribution is -2.26. The van der Waals surface area contributed by atoms with Gasteiger partial charge in [0.2, 0.25) is 10.0 Å². The lowest BCUT2D eigenvalue weighted by atomic mass is 10.1. The highest BCUT2D eigenvalue weighted by atomic mass is 32.2. The maximum Gasteiger partial charge on any atom is 0.241 e. The largest absolute Gasteiger partial charge is 0.497 e. The van der Waals surface area contributed by atoms with Crippen molar-refractivity contribution < 1.29 is 13.2 Å². The predicted octanol–water partition coefficient (Wildman–Crippen LogP) is 3.89. The first-order valence-corrected chi connectivity index (χ1v) is 9.13.